The zero-order valence-electron chi connectivity index (χ0n) is 16.9. The second-order valence-corrected chi connectivity index (χ2v) is 11.0. The third-order valence-electron chi connectivity index (χ3n) is 5.37. The molecule has 0 aromatic heterocycles. The highest BCUT2D eigenvalue weighted by molar-refractivity contribution is 7.92. The van der Waals surface area contributed by atoms with Crippen LogP contribution in [-0.2, 0) is 26.5 Å². The average molecular weight is 436 g/mol. The van der Waals surface area contributed by atoms with Gasteiger partial charge in [0.1, 0.15) is 0 Å². The van der Waals surface area contributed by atoms with Crippen LogP contribution < -0.4 is 0 Å². The van der Waals surface area contributed by atoms with Gasteiger partial charge in [-0.05, 0) is 34.8 Å². The van der Waals surface area contributed by atoms with Gasteiger partial charge in [-0.1, -0.05) is 45.0 Å². The van der Waals surface area contributed by atoms with E-state index in [1.54, 1.807) is 0 Å². The molecular weight excluding hydrogens is 407 g/mol. The van der Waals surface area contributed by atoms with Crippen molar-refractivity contribution in [3.05, 3.63) is 35.4 Å². The van der Waals surface area contributed by atoms with Crippen molar-refractivity contribution in [2.75, 3.05) is 31.1 Å². The van der Waals surface area contributed by atoms with Gasteiger partial charge in [0.15, 0.2) is 9.84 Å². The average Bonchev–Trinajstić information content (AvgIpc) is 2.50. The topological polar surface area (TPSA) is 74.7 Å². The minimum Gasteiger partial charge on any atom is -0.475 e. The zero-order chi connectivity index (χ0) is 22.0. The quantitative estimate of drug-likeness (QED) is 0.787. The summed E-state index contributed by atoms with van der Waals surface area (Å²) in [5, 5.41) is 7.12. The summed E-state index contributed by atoms with van der Waals surface area (Å²) in [5.41, 5.74) is 2.99. The summed E-state index contributed by atoms with van der Waals surface area (Å²) < 4.78 is 54.2. The number of nitrogens with zero attached hydrogens (tertiary/aromatic N) is 1. The first kappa shape index (κ1) is 23.7. The molecule has 164 valence electrons. The number of carboxylic acids is 1. The predicted molar refractivity (Wildman–Crippen MR) is 105 cm³/mol. The van der Waals surface area contributed by atoms with E-state index in [1.165, 1.54) is 11.1 Å². The molecule has 29 heavy (non-hydrogen) atoms. The number of carbonyl (C=O) groups is 1. The van der Waals surface area contributed by atoms with Gasteiger partial charge in [0.25, 0.3) is 0 Å². The molecule has 0 aliphatic carbocycles. The smallest absolute Gasteiger partial charge is 0.475 e. The van der Waals surface area contributed by atoms with Crippen LogP contribution >= 0.6 is 0 Å². The first-order valence-corrected chi connectivity index (χ1v) is 11.3. The van der Waals surface area contributed by atoms with Crippen LogP contribution in [0.2, 0.25) is 0 Å². The Morgan fingerprint density at radius 3 is 1.93 bits per heavy atom. The summed E-state index contributed by atoms with van der Waals surface area (Å²) in [4.78, 5) is 11.3. The van der Waals surface area contributed by atoms with Gasteiger partial charge >= 0.3 is 12.1 Å². The number of carboxylic acid groups (broad SMARTS) is 1. The molecule has 9 heteroatoms. The number of rotatable bonds is 4. The SMILES string of the molecule is CC(C)(C)c1ccc(CCN2CC(C3CS(=O)(=O)C3)C2)cc1.O=C(O)C(F)(F)F. The zero-order valence-corrected chi connectivity index (χ0v) is 17.7. The van der Waals surface area contributed by atoms with Crippen molar-refractivity contribution in [3.63, 3.8) is 0 Å². The summed E-state index contributed by atoms with van der Waals surface area (Å²) in [7, 11) is -2.66. The van der Waals surface area contributed by atoms with E-state index in [-0.39, 0.29) is 5.41 Å². The molecule has 2 saturated heterocycles. The Labute approximate surface area is 169 Å². The second-order valence-electron chi connectivity index (χ2n) is 8.86. The summed E-state index contributed by atoms with van der Waals surface area (Å²) in [6, 6.07) is 8.98. The maximum Gasteiger partial charge on any atom is 0.490 e. The summed E-state index contributed by atoms with van der Waals surface area (Å²) in [6.45, 7) is 9.97. The molecule has 0 bridgehead atoms. The Morgan fingerprint density at radius 2 is 1.55 bits per heavy atom. The number of halogens is 3. The van der Waals surface area contributed by atoms with E-state index in [0.29, 0.717) is 23.3 Å². The Bertz CT molecular complexity index is 796. The summed E-state index contributed by atoms with van der Waals surface area (Å²) in [6.07, 6.45) is -4.00. The molecule has 0 unspecified atom stereocenters. The highest BCUT2D eigenvalue weighted by atomic mass is 32.2. The van der Waals surface area contributed by atoms with E-state index in [0.717, 1.165) is 26.1 Å². The fourth-order valence-corrected chi connectivity index (χ4v) is 5.18. The van der Waals surface area contributed by atoms with Crippen molar-refractivity contribution >= 4 is 15.8 Å². The van der Waals surface area contributed by atoms with Gasteiger partial charge in [0.2, 0.25) is 0 Å². The van der Waals surface area contributed by atoms with Crippen LogP contribution in [0.1, 0.15) is 31.9 Å². The number of likely N-dealkylation sites (tertiary alicyclic amines) is 1. The maximum absolute atomic E-state index is 11.2. The third kappa shape index (κ3) is 6.99. The van der Waals surface area contributed by atoms with Crippen molar-refractivity contribution in [2.24, 2.45) is 11.8 Å². The monoisotopic (exact) mass is 435 g/mol. The van der Waals surface area contributed by atoms with Crippen molar-refractivity contribution in [2.45, 2.75) is 38.8 Å². The third-order valence-corrected chi connectivity index (χ3v) is 7.24. The summed E-state index contributed by atoms with van der Waals surface area (Å²) >= 11 is 0. The Kier molecular flexibility index (Phi) is 7.05. The Morgan fingerprint density at radius 1 is 1.07 bits per heavy atom. The van der Waals surface area contributed by atoms with Gasteiger partial charge in [0.05, 0.1) is 11.5 Å². The van der Waals surface area contributed by atoms with Crippen LogP contribution in [-0.4, -0.2) is 61.7 Å². The molecular formula is C20H28F3NO4S. The number of alkyl halides is 3. The molecule has 0 amide bonds. The Balaban J connectivity index is 0.000000370. The van der Waals surface area contributed by atoms with Gasteiger partial charge in [0, 0.05) is 19.6 Å². The minimum atomic E-state index is -5.08. The molecule has 0 radical (unpaired) electrons. The first-order valence-electron chi connectivity index (χ1n) is 9.50. The molecule has 1 N–H and O–H groups in total. The van der Waals surface area contributed by atoms with Crippen LogP contribution in [0.5, 0.6) is 0 Å². The lowest BCUT2D eigenvalue weighted by Gasteiger charge is -2.46. The van der Waals surface area contributed by atoms with Crippen LogP contribution in [0, 0.1) is 11.8 Å². The van der Waals surface area contributed by atoms with Crippen LogP contribution in [0.25, 0.3) is 0 Å². The normalized spacial score (nSPS) is 20.2. The van der Waals surface area contributed by atoms with Crippen molar-refractivity contribution < 1.29 is 31.5 Å². The van der Waals surface area contributed by atoms with Crippen LogP contribution in [0.3, 0.4) is 0 Å². The molecule has 1 aromatic carbocycles. The molecule has 1 aromatic rings. The first-order chi connectivity index (χ1) is 13.2. The number of sulfone groups is 1. The van der Waals surface area contributed by atoms with Gasteiger partial charge in [-0.25, -0.2) is 13.2 Å². The molecule has 2 fully saturated rings. The van der Waals surface area contributed by atoms with E-state index in [2.05, 4.69) is 49.9 Å². The van der Waals surface area contributed by atoms with Crippen LogP contribution in [0.4, 0.5) is 13.2 Å². The fraction of sp³-hybridized carbons (Fsp3) is 0.650. The van der Waals surface area contributed by atoms with Crippen LogP contribution in [0.15, 0.2) is 24.3 Å². The van der Waals surface area contributed by atoms with Crippen molar-refractivity contribution in [1.29, 1.82) is 0 Å². The number of hydrogen-bond acceptors (Lipinski definition) is 4. The molecule has 2 aliphatic rings. The Hall–Kier alpha value is -1.61. The van der Waals surface area contributed by atoms with E-state index < -0.39 is 22.0 Å². The molecule has 2 heterocycles. The fourth-order valence-electron chi connectivity index (χ4n) is 3.42. The van der Waals surface area contributed by atoms with E-state index >= 15 is 0 Å². The lowest BCUT2D eigenvalue weighted by molar-refractivity contribution is -0.192. The van der Waals surface area contributed by atoms with Gasteiger partial charge in [-0.15, -0.1) is 0 Å². The molecule has 0 spiro atoms. The van der Waals surface area contributed by atoms with Crippen molar-refractivity contribution in [1.82, 2.24) is 4.90 Å². The van der Waals surface area contributed by atoms with E-state index in [9.17, 15) is 21.6 Å². The molecule has 5 nitrogen and oxygen atoms in total. The van der Waals surface area contributed by atoms with E-state index in [4.69, 9.17) is 9.90 Å². The second kappa shape index (κ2) is 8.63. The molecule has 0 atom stereocenters. The summed E-state index contributed by atoms with van der Waals surface area (Å²) in [5.74, 6) is -0.842. The molecule has 3 rings (SSSR count). The van der Waals surface area contributed by atoms with Gasteiger partial charge in [-0.3, -0.25) is 0 Å². The number of aliphatic carboxylic acids is 1. The van der Waals surface area contributed by atoms with Gasteiger partial charge in [-0.2, -0.15) is 13.2 Å². The molecule has 0 saturated carbocycles. The highest BCUT2D eigenvalue weighted by Crippen LogP contribution is 2.32. The molecule has 2 aliphatic heterocycles. The number of benzene rings is 1. The van der Waals surface area contributed by atoms with Crippen molar-refractivity contribution in [3.8, 4) is 0 Å². The minimum absolute atomic E-state index is 0.215. The highest BCUT2D eigenvalue weighted by Gasteiger charge is 2.43. The van der Waals surface area contributed by atoms with Gasteiger partial charge < -0.3 is 10.0 Å². The van der Waals surface area contributed by atoms with E-state index in [1.807, 2.05) is 0 Å². The predicted octanol–water partition coefficient (Wildman–Crippen LogP) is 3.14. The lowest BCUT2D eigenvalue weighted by Crippen LogP contribution is -2.56. The standard InChI is InChI=1S/C18H27NO2S.C2HF3O2/c1-18(2,3)17-6-4-14(5-7-17)8-9-19-10-15(11-19)16-12-22(20,21)13-16;3-2(4,5)1(6)7/h4-7,15-16H,8-13H2,1-3H3;(H,6,7). The lowest BCUT2D eigenvalue weighted by atomic mass is 9.86. The number of hydrogen-bond donors (Lipinski definition) is 1. The maximum atomic E-state index is 11.2. The largest absolute Gasteiger partial charge is 0.490 e.